The monoisotopic (exact) mass is 286 g/mol. The van der Waals surface area contributed by atoms with E-state index in [9.17, 15) is 9.59 Å². The average molecular weight is 287 g/mol. The predicted octanol–water partition coefficient (Wildman–Crippen LogP) is 1.67. The number of nitrogens with one attached hydrogen (secondary N) is 2. The Balaban J connectivity index is 2.55. The molecule has 2 N–H and O–H groups in total. The van der Waals surface area contributed by atoms with E-state index >= 15 is 0 Å². The van der Waals surface area contributed by atoms with Crippen molar-refractivity contribution >= 4 is 21.8 Å². The third kappa shape index (κ3) is 4.18. The number of pyridine rings is 1. The SMILES string of the molecule is CC(CCCBr)NC(=O)c1cc[nH]c(=O)c1. The smallest absolute Gasteiger partial charge is 0.251 e. The van der Waals surface area contributed by atoms with Crippen LogP contribution in [-0.2, 0) is 0 Å². The summed E-state index contributed by atoms with van der Waals surface area (Å²) in [5.74, 6) is -0.201. The molecule has 1 heterocycles. The first-order valence-corrected chi connectivity index (χ1v) is 6.31. The Morgan fingerprint density at radius 2 is 2.38 bits per heavy atom. The van der Waals surface area contributed by atoms with Crippen molar-refractivity contribution in [1.29, 1.82) is 0 Å². The zero-order valence-corrected chi connectivity index (χ0v) is 10.7. The van der Waals surface area contributed by atoms with Crippen LogP contribution >= 0.6 is 15.9 Å². The largest absolute Gasteiger partial charge is 0.350 e. The quantitative estimate of drug-likeness (QED) is 0.809. The van der Waals surface area contributed by atoms with Gasteiger partial charge in [-0.25, -0.2) is 0 Å². The molecule has 0 fully saturated rings. The van der Waals surface area contributed by atoms with Crippen molar-refractivity contribution in [3.63, 3.8) is 0 Å². The van der Waals surface area contributed by atoms with Crippen LogP contribution in [0.5, 0.6) is 0 Å². The number of carbonyl (C=O) groups is 1. The van der Waals surface area contributed by atoms with Gasteiger partial charge in [0, 0.05) is 29.2 Å². The molecule has 0 aliphatic rings. The number of carbonyl (C=O) groups excluding carboxylic acids is 1. The molecule has 0 aromatic carbocycles. The van der Waals surface area contributed by atoms with Gasteiger partial charge in [0.05, 0.1) is 0 Å². The van der Waals surface area contributed by atoms with Gasteiger partial charge in [-0.05, 0) is 25.8 Å². The molecule has 16 heavy (non-hydrogen) atoms. The second-order valence-electron chi connectivity index (χ2n) is 3.65. The minimum atomic E-state index is -0.263. The molecular weight excluding hydrogens is 272 g/mol. The summed E-state index contributed by atoms with van der Waals surface area (Å²) >= 11 is 3.34. The Hall–Kier alpha value is -1.10. The van der Waals surface area contributed by atoms with Crippen LogP contribution in [0.1, 0.15) is 30.1 Å². The summed E-state index contributed by atoms with van der Waals surface area (Å²) in [4.78, 5) is 25.2. The highest BCUT2D eigenvalue weighted by Crippen LogP contribution is 2.01. The molecule has 0 aliphatic carbocycles. The molecule has 1 rings (SSSR count). The van der Waals surface area contributed by atoms with Crippen molar-refractivity contribution in [2.45, 2.75) is 25.8 Å². The fourth-order valence-corrected chi connectivity index (χ4v) is 1.67. The maximum Gasteiger partial charge on any atom is 0.251 e. The van der Waals surface area contributed by atoms with E-state index in [4.69, 9.17) is 0 Å². The van der Waals surface area contributed by atoms with Gasteiger partial charge in [-0.2, -0.15) is 0 Å². The van der Waals surface area contributed by atoms with E-state index in [-0.39, 0.29) is 17.5 Å². The van der Waals surface area contributed by atoms with Gasteiger partial charge < -0.3 is 10.3 Å². The third-order valence-corrected chi connectivity index (χ3v) is 2.75. The van der Waals surface area contributed by atoms with Crippen molar-refractivity contribution in [1.82, 2.24) is 10.3 Å². The number of halogens is 1. The van der Waals surface area contributed by atoms with Crippen LogP contribution < -0.4 is 10.9 Å². The van der Waals surface area contributed by atoms with Crippen LogP contribution in [0.4, 0.5) is 0 Å². The zero-order valence-electron chi connectivity index (χ0n) is 9.13. The molecule has 88 valence electrons. The van der Waals surface area contributed by atoms with Gasteiger partial charge in [-0.1, -0.05) is 15.9 Å². The van der Waals surface area contributed by atoms with Crippen LogP contribution in [0.3, 0.4) is 0 Å². The maximum atomic E-state index is 11.7. The van der Waals surface area contributed by atoms with E-state index in [0.29, 0.717) is 5.56 Å². The molecule has 0 saturated heterocycles. The van der Waals surface area contributed by atoms with Crippen molar-refractivity contribution in [2.24, 2.45) is 0 Å². The summed E-state index contributed by atoms with van der Waals surface area (Å²) in [5, 5.41) is 3.77. The van der Waals surface area contributed by atoms with Crippen molar-refractivity contribution in [3.8, 4) is 0 Å². The van der Waals surface area contributed by atoms with E-state index in [1.807, 2.05) is 6.92 Å². The van der Waals surface area contributed by atoms with Gasteiger partial charge in [0.15, 0.2) is 0 Å². The van der Waals surface area contributed by atoms with Gasteiger partial charge in [0.25, 0.3) is 5.91 Å². The lowest BCUT2D eigenvalue weighted by Crippen LogP contribution is -2.33. The second-order valence-corrected chi connectivity index (χ2v) is 4.44. The number of alkyl halides is 1. The minimum absolute atomic E-state index is 0.115. The van der Waals surface area contributed by atoms with Crippen LogP contribution in [0.15, 0.2) is 23.1 Å². The highest BCUT2D eigenvalue weighted by Gasteiger charge is 2.09. The highest BCUT2D eigenvalue weighted by atomic mass is 79.9. The molecule has 0 bridgehead atoms. The van der Waals surface area contributed by atoms with E-state index in [2.05, 4.69) is 26.2 Å². The van der Waals surface area contributed by atoms with Crippen LogP contribution in [0, 0.1) is 0 Å². The first-order valence-electron chi connectivity index (χ1n) is 5.19. The number of aromatic amines is 1. The Labute approximate surface area is 103 Å². The van der Waals surface area contributed by atoms with Gasteiger partial charge in [0.1, 0.15) is 0 Å². The number of H-pyrrole nitrogens is 1. The summed E-state index contributed by atoms with van der Waals surface area (Å²) < 4.78 is 0. The first kappa shape index (κ1) is 13.0. The number of aromatic nitrogens is 1. The third-order valence-electron chi connectivity index (χ3n) is 2.19. The van der Waals surface area contributed by atoms with E-state index in [0.717, 1.165) is 18.2 Å². The van der Waals surface area contributed by atoms with Crippen LogP contribution in [0.25, 0.3) is 0 Å². The zero-order chi connectivity index (χ0) is 12.0. The van der Waals surface area contributed by atoms with Gasteiger partial charge in [-0.15, -0.1) is 0 Å². The summed E-state index contributed by atoms with van der Waals surface area (Å²) in [6.45, 7) is 1.95. The molecular formula is C11H15BrN2O2. The van der Waals surface area contributed by atoms with E-state index in [1.165, 1.54) is 12.3 Å². The van der Waals surface area contributed by atoms with Crippen molar-refractivity contribution in [3.05, 3.63) is 34.2 Å². The minimum Gasteiger partial charge on any atom is -0.350 e. The van der Waals surface area contributed by atoms with E-state index in [1.54, 1.807) is 6.07 Å². The van der Waals surface area contributed by atoms with E-state index < -0.39 is 0 Å². The molecule has 1 atom stereocenters. The highest BCUT2D eigenvalue weighted by molar-refractivity contribution is 9.09. The molecule has 0 aliphatic heterocycles. The lowest BCUT2D eigenvalue weighted by atomic mass is 10.2. The Bertz CT molecular complexity index is 403. The summed E-state index contributed by atoms with van der Waals surface area (Å²) in [6, 6.07) is 3.00. The molecule has 4 nitrogen and oxygen atoms in total. The number of hydrogen-bond donors (Lipinski definition) is 2. The van der Waals surface area contributed by atoms with Crippen LogP contribution in [-0.4, -0.2) is 22.3 Å². The van der Waals surface area contributed by atoms with Crippen LogP contribution in [0.2, 0.25) is 0 Å². The molecule has 1 aromatic heterocycles. The topological polar surface area (TPSA) is 62.0 Å². The molecule has 0 radical (unpaired) electrons. The fraction of sp³-hybridized carbons (Fsp3) is 0.455. The molecule has 1 aromatic rings. The Kier molecular flexibility index (Phi) is 5.25. The maximum absolute atomic E-state index is 11.7. The molecule has 5 heteroatoms. The summed E-state index contributed by atoms with van der Waals surface area (Å²) in [7, 11) is 0. The molecule has 0 saturated carbocycles. The molecule has 1 unspecified atom stereocenters. The summed E-state index contributed by atoms with van der Waals surface area (Å²) in [5.41, 5.74) is 0.134. The molecule has 1 amide bonds. The predicted molar refractivity (Wildman–Crippen MR) is 67.0 cm³/mol. The second kappa shape index (κ2) is 6.48. The van der Waals surface area contributed by atoms with Gasteiger partial charge in [0.2, 0.25) is 5.56 Å². The van der Waals surface area contributed by atoms with Crippen molar-refractivity contribution < 1.29 is 4.79 Å². The summed E-state index contributed by atoms with van der Waals surface area (Å²) in [6.07, 6.45) is 3.40. The number of rotatable bonds is 5. The van der Waals surface area contributed by atoms with Gasteiger partial charge >= 0.3 is 0 Å². The Morgan fingerprint density at radius 1 is 1.62 bits per heavy atom. The van der Waals surface area contributed by atoms with Crippen molar-refractivity contribution in [2.75, 3.05) is 5.33 Å². The lowest BCUT2D eigenvalue weighted by molar-refractivity contribution is 0.0938. The first-order chi connectivity index (χ1) is 7.63. The normalized spacial score (nSPS) is 12.1. The number of amides is 1. The Morgan fingerprint density at radius 3 is 3.00 bits per heavy atom. The average Bonchev–Trinajstić information content (AvgIpc) is 2.26. The fourth-order valence-electron chi connectivity index (χ4n) is 1.35. The van der Waals surface area contributed by atoms with Gasteiger partial charge in [-0.3, -0.25) is 9.59 Å². The number of hydrogen-bond acceptors (Lipinski definition) is 2. The standard InChI is InChI=1S/C11H15BrN2O2/c1-8(3-2-5-12)14-11(16)9-4-6-13-10(15)7-9/h4,6-8H,2-3,5H2,1H3,(H,13,15)(H,14,16). The lowest BCUT2D eigenvalue weighted by Gasteiger charge is -2.12. The molecule has 0 spiro atoms.